The molecule has 0 amide bonds. The second-order valence-electron chi connectivity index (χ2n) is 8.09. The molecule has 9 heteroatoms. The first-order valence-electron chi connectivity index (χ1n) is 10.1. The number of rotatable bonds is 4. The highest BCUT2D eigenvalue weighted by atomic mass is 16.3. The van der Waals surface area contributed by atoms with Crippen LogP contribution in [0.2, 0.25) is 0 Å². The van der Waals surface area contributed by atoms with Crippen LogP contribution >= 0.6 is 0 Å². The Bertz CT molecular complexity index is 1340. The number of fused-ring (bicyclic) bond motifs is 2. The third-order valence-corrected chi connectivity index (χ3v) is 6.01. The van der Waals surface area contributed by atoms with E-state index < -0.39 is 5.69 Å². The van der Waals surface area contributed by atoms with Crippen molar-refractivity contribution in [2.75, 3.05) is 5.32 Å². The number of nitrogens with zero attached hydrogens (tertiary/aromatic N) is 4. The minimum Gasteiger partial charge on any atom is -0.393 e. The summed E-state index contributed by atoms with van der Waals surface area (Å²) in [6, 6.07) is 9.88. The van der Waals surface area contributed by atoms with Gasteiger partial charge in [-0.3, -0.25) is 13.9 Å². The number of benzene rings is 1. The van der Waals surface area contributed by atoms with Crippen LogP contribution < -0.4 is 16.6 Å². The van der Waals surface area contributed by atoms with E-state index in [2.05, 4.69) is 15.3 Å². The third kappa shape index (κ3) is 2.93. The van der Waals surface area contributed by atoms with Crippen molar-refractivity contribution in [2.45, 2.75) is 38.0 Å². The maximum absolute atomic E-state index is 13.3. The number of aromatic nitrogens is 5. The van der Waals surface area contributed by atoms with Crippen molar-refractivity contribution >= 4 is 28.0 Å². The van der Waals surface area contributed by atoms with Crippen molar-refractivity contribution < 1.29 is 5.11 Å². The van der Waals surface area contributed by atoms with Crippen LogP contribution in [0.1, 0.15) is 25.0 Å². The largest absolute Gasteiger partial charge is 0.393 e. The second kappa shape index (κ2) is 6.88. The zero-order chi connectivity index (χ0) is 21.0. The maximum Gasteiger partial charge on any atom is 0.332 e. The Hall–Kier alpha value is -3.33. The molecule has 1 aliphatic rings. The first-order chi connectivity index (χ1) is 14.4. The van der Waals surface area contributed by atoms with Gasteiger partial charge in [-0.1, -0.05) is 18.2 Å². The van der Waals surface area contributed by atoms with Crippen LogP contribution in [-0.2, 0) is 20.6 Å². The predicted octanol–water partition coefficient (Wildman–Crippen LogP) is 1.29. The molecule has 0 saturated heterocycles. The molecule has 0 radical (unpaired) electrons. The summed E-state index contributed by atoms with van der Waals surface area (Å²) in [6.45, 7) is 0.152. The molecule has 3 N–H and O–H groups in total. The van der Waals surface area contributed by atoms with Gasteiger partial charge in [0.2, 0.25) is 5.95 Å². The standard InChI is InChI=1S/C21H24N6O3/c1-25-17-18(24-20(25)23-13-7-8-15(28)10-13)26(2)21(30)27(19(17)29)11-14-9-12-5-3-4-6-16(12)22-14/h3-6,9,13,15,22,28H,7-8,10-11H2,1-2H3,(H,23,24)/t13-,15+/m0/s1. The van der Waals surface area contributed by atoms with Gasteiger partial charge in [0.1, 0.15) is 0 Å². The van der Waals surface area contributed by atoms with Crippen LogP contribution in [-0.4, -0.2) is 40.9 Å². The molecule has 2 atom stereocenters. The smallest absolute Gasteiger partial charge is 0.332 e. The number of H-pyrrole nitrogens is 1. The van der Waals surface area contributed by atoms with Gasteiger partial charge in [-0.15, -0.1) is 0 Å². The van der Waals surface area contributed by atoms with Crippen molar-refractivity contribution in [3.63, 3.8) is 0 Å². The van der Waals surface area contributed by atoms with E-state index in [4.69, 9.17) is 0 Å². The van der Waals surface area contributed by atoms with Gasteiger partial charge in [-0.25, -0.2) is 4.79 Å². The Morgan fingerprint density at radius 2 is 2.00 bits per heavy atom. The van der Waals surface area contributed by atoms with E-state index in [1.165, 1.54) is 9.13 Å². The highest BCUT2D eigenvalue weighted by molar-refractivity contribution is 5.80. The Kier molecular flexibility index (Phi) is 4.28. The normalized spacial score (nSPS) is 19.2. The Balaban J connectivity index is 1.58. The van der Waals surface area contributed by atoms with Crippen LogP contribution in [0.4, 0.5) is 5.95 Å². The SMILES string of the molecule is Cn1c(N[C@H]2CC[C@@H](O)C2)nc2c1c(=O)n(Cc1cc3ccccc3[nH]1)c(=O)n2C. The summed E-state index contributed by atoms with van der Waals surface area (Å²) in [4.78, 5) is 34.0. The molecular weight excluding hydrogens is 384 g/mol. The zero-order valence-electron chi connectivity index (χ0n) is 16.9. The summed E-state index contributed by atoms with van der Waals surface area (Å²) in [5.41, 5.74) is 1.68. The van der Waals surface area contributed by atoms with E-state index in [0.29, 0.717) is 23.5 Å². The zero-order valence-corrected chi connectivity index (χ0v) is 16.9. The van der Waals surface area contributed by atoms with E-state index >= 15 is 0 Å². The highest BCUT2D eigenvalue weighted by Crippen LogP contribution is 2.23. The number of aliphatic hydroxyl groups excluding tert-OH is 1. The van der Waals surface area contributed by atoms with Gasteiger partial charge < -0.3 is 20.0 Å². The number of para-hydroxylation sites is 1. The molecule has 156 valence electrons. The second-order valence-corrected chi connectivity index (χ2v) is 8.09. The van der Waals surface area contributed by atoms with Crippen molar-refractivity contribution in [3.8, 4) is 0 Å². The number of nitrogens with one attached hydrogen (secondary N) is 2. The number of hydrogen-bond donors (Lipinski definition) is 3. The molecule has 0 spiro atoms. The first-order valence-corrected chi connectivity index (χ1v) is 10.1. The third-order valence-electron chi connectivity index (χ3n) is 6.01. The van der Waals surface area contributed by atoms with E-state index in [0.717, 1.165) is 29.4 Å². The molecule has 1 aromatic carbocycles. The van der Waals surface area contributed by atoms with Crippen LogP contribution in [0.3, 0.4) is 0 Å². The first kappa shape index (κ1) is 18.7. The molecule has 3 heterocycles. The summed E-state index contributed by atoms with van der Waals surface area (Å²) >= 11 is 0. The summed E-state index contributed by atoms with van der Waals surface area (Å²) < 4.78 is 4.34. The summed E-state index contributed by atoms with van der Waals surface area (Å²) in [7, 11) is 3.39. The summed E-state index contributed by atoms with van der Waals surface area (Å²) in [5, 5.41) is 14.1. The molecule has 0 aliphatic heterocycles. The Morgan fingerprint density at radius 3 is 2.73 bits per heavy atom. The van der Waals surface area contributed by atoms with Crippen LogP contribution in [0.5, 0.6) is 0 Å². The molecule has 1 aliphatic carbocycles. The topological polar surface area (TPSA) is 110 Å². The van der Waals surface area contributed by atoms with E-state index in [9.17, 15) is 14.7 Å². The van der Waals surface area contributed by atoms with E-state index in [1.54, 1.807) is 18.7 Å². The van der Waals surface area contributed by atoms with Crippen molar-refractivity contribution in [1.29, 1.82) is 0 Å². The van der Waals surface area contributed by atoms with Gasteiger partial charge >= 0.3 is 5.69 Å². The molecule has 1 fully saturated rings. The average molecular weight is 408 g/mol. The minimum atomic E-state index is -0.410. The molecule has 9 nitrogen and oxygen atoms in total. The van der Waals surface area contributed by atoms with E-state index in [-0.39, 0.29) is 24.2 Å². The summed E-state index contributed by atoms with van der Waals surface area (Å²) in [6.07, 6.45) is 1.92. The van der Waals surface area contributed by atoms with Gasteiger partial charge in [0.15, 0.2) is 11.2 Å². The average Bonchev–Trinajstić information content (AvgIpc) is 3.41. The lowest BCUT2D eigenvalue weighted by molar-refractivity contribution is 0.182. The van der Waals surface area contributed by atoms with Crippen LogP contribution in [0.25, 0.3) is 22.1 Å². The predicted molar refractivity (Wildman–Crippen MR) is 115 cm³/mol. The monoisotopic (exact) mass is 408 g/mol. The summed E-state index contributed by atoms with van der Waals surface area (Å²) in [5.74, 6) is 0.527. The Labute approximate surface area is 171 Å². The minimum absolute atomic E-state index is 0.0983. The quantitative estimate of drug-likeness (QED) is 0.471. The number of anilines is 1. The maximum atomic E-state index is 13.3. The molecule has 5 rings (SSSR count). The number of hydrogen-bond acceptors (Lipinski definition) is 5. The number of aryl methyl sites for hydroxylation is 2. The lowest BCUT2D eigenvalue weighted by Crippen LogP contribution is -2.39. The highest BCUT2D eigenvalue weighted by Gasteiger charge is 2.25. The number of imidazole rings is 1. The van der Waals surface area contributed by atoms with E-state index in [1.807, 2.05) is 30.3 Å². The number of aromatic amines is 1. The van der Waals surface area contributed by atoms with Crippen LogP contribution in [0, 0.1) is 0 Å². The fourth-order valence-electron chi connectivity index (χ4n) is 4.37. The van der Waals surface area contributed by atoms with Gasteiger partial charge in [-0.2, -0.15) is 4.98 Å². The van der Waals surface area contributed by atoms with Gasteiger partial charge in [0.25, 0.3) is 5.56 Å². The van der Waals surface area contributed by atoms with Crippen LogP contribution in [0.15, 0.2) is 39.9 Å². The molecular formula is C21H24N6O3. The molecule has 3 aromatic heterocycles. The molecule has 0 bridgehead atoms. The van der Waals surface area contributed by atoms with Gasteiger partial charge in [-0.05, 0) is 36.8 Å². The molecule has 4 aromatic rings. The lowest BCUT2D eigenvalue weighted by atomic mass is 10.2. The molecule has 1 saturated carbocycles. The van der Waals surface area contributed by atoms with Gasteiger partial charge in [0.05, 0.1) is 12.6 Å². The van der Waals surface area contributed by atoms with Crippen molar-refractivity contribution in [1.82, 2.24) is 23.7 Å². The lowest BCUT2D eigenvalue weighted by Gasteiger charge is -2.12. The fourth-order valence-corrected chi connectivity index (χ4v) is 4.37. The van der Waals surface area contributed by atoms with Crippen molar-refractivity contribution in [3.05, 3.63) is 56.9 Å². The van der Waals surface area contributed by atoms with Crippen molar-refractivity contribution in [2.24, 2.45) is 14.1 Å². The Morgan fingerprint density at radius 1 is 1.20 bits per heavy atom. The molecule has 30 heavy (non-hydrogen) atoms. The fraction of sp³-hybridized carbons (Fsp3) is 0.381. The van der Waals surface area contributed by atoms with Gasteiger partial charge in [0, 0.05) is 31.3 Å². The number of aliphatic hydroxyl groups is 1. The molecule has 0 unspecified atom stereocenters.